The van der Waals surface area contributed by atoms with Crippen LogP contribution in [0, 0.1) is 23.2 Å². The first-order valence-corrected chi connectivity index (χ1v) is 9.74. The Labute approximate surface area is 136 Å². The average molecular weight is 335 g/mol. The van der Waals surface area contributed by atoms with Crippen LogP contribution in [-0.2, 0) is 14.8 Å². The molecule has 4 fully saturated rings. The summed E-state index contributed by atoms with van der Waals surface area (Å²) in [6.07, 6.45) is 11.3. The molecule has 1 aromatic heterocycles. The monoisotopic (exact) mass is 335 g/mol. The molecule has 1 heterocycles. The van der Waals surface area contributed by atoms with E-state index in [2.05, 4.69) is 14.7 Å². The molecule has 0 radical (unpaired) electrons. The van der Waals surface area contributed by atoms with Crippen molar-refractivity contribution in [1.29, 1.82) is 0 Å². The number of hydrogen-bond acceptors (Lipinski definition) is 5. The van der Waals surface area contributed by atoms with E-state index in [1.54, 1.807) is 0 Å². The maximum absolute atomic E-state index is 12.4. The van der Waals surface area contributed by atoms with Gasteiger partial charge in [-0.15, -0.1) is 0 Å². The zero-order valence-corrected chi connectivity index (χ0v) is 13.8. The second-order valence-corrected chi connectivity index (χ2v) is 9.30. The van der Waals surface area contributed by atoms with Gasteiger partial charge >= 0.3 is 0 Å². The molecule has 4 bridgehead atoms. The molecule has 4 saturated carbocycles. The molecule has 124 valence electrons. The summed E-state index contributed by atoms with van der Waals surface area (Å²) in [6, 6.07) is 0. The van der Waals surface area contributed by atoms with Crippen molar-refractivity contribution in [2.75, 3.05) is 0 Å². The quantitative estimate of drug-likeness (QED) is 0.907. The Morgan fingerprint density at radius 2 is 1.74 bits per heavy atom. The summed E-state index contributed by atoms with van der Waals surface area (Å²) in [6.45, 7) is 0. The molecule has 1 aromatic rings. The van der Waals surface area contributed by atoms with Crippen LogP contribution < -0.4 is 4.72 Å². The third kappa shape index (κ3) is 2.86. The molecule has 7 heteroatoms. The van der Waals surface area contributed by atoms with Crippen LogP contribution in [0.3, 0.4) is 0 Å². The molecular formula is C16H21N3O3S. The second-order valence-electron chi connectivity index (χ2n) is 7.67. The number of nitrogens with zero attached hydrogens (tertiary/aromatic N) is 2. The fourth-order valence-corrected chi connectivity index (χ4v) is 6.39. The Bertz CT molecular complexity index is 682. The van der Waals surface area contributed by atoms with Crippen LogP contribution in [0.4, 0.5) is 0 Å². The molecule has 0 saturated heterocycles. The first kappa shape index (κ1) is 15.1. The van der Waals surface area contributed by atoms with Gasteiger partial charge in [-0.2, -0.15) is 8.42 Å². The van der Waals surface area contributed by atoms with Crippen LogP contribution in [0.5, 0.6) is 0 Å². The van der Waals surface area contributed by atoms with E-state index < -0.39 is 15.9 Å². The number of nitrogens with one attached hydrogen (secondary N) is 1. The summed E-state index contributed by atoms with van der Waals surface area (Å²) in [5, 5.41) is -0.209. The predicted octanol–water partition coefficient (Wildman–Crippen LogP) is 1.89. The maximum atomic E-state index is 12.4. The van der Waals surface area contributed by atoms with Crippen LogP contribution in [0.1, 0.15) is 44.9 Å². The minimum Gasteiger partial charge on any atom is -0.274 e. The van der Waals surface area contributed by atoms with Crippen LogP contribution >= 0.6 is 0 Å². The van der Waals surface area contributed by atoms with Crippen LogP contribution in [0.15, 0.2) is 23.6 Å². The maximum Gasteiger partial charge on any atom is 0.283 e. The van der Waals surface area contributed by atoms with Crippen LogP contribution in [0.25, 0.3) is 0 Å². The van der Waals surface area contributed by atoms with E-state index >= 15 is 0 Å². The van der Waals surface area contributed by atoms with E-state index in [1.807, 2.05) is 0 Å². The third-order valence-electron chi connectivity index (χ3n) is 5.76. The van der Waals surface area contributed by atoms with Crippen molar-refractivity contribution < 1.29 is 13.2 Å². The molecule has 1 N–H and O–H groups in total. The standard InChI is InChI=1S/C16H21N3O3S/c20-14(19-23(21,22)15-10-17-1-2-18-15)9-16-6-11-3-12(7-16)5-13(4-11)8-16/h1-2,10-13H,3-9H2,(H,19,20). The Hall–Kier alpha value is -1.50. The number of carbonyl (C=O) groups is 1. The molecule has 0 unspecified atom stereocenters. The molecule has 0 atom stereocenters. The largest absolute Gasteiger partial charge is 0.283 e. The minimum absolute atomic E-state index is 0.0245. The molecule has 4 aliphatic rings. The summed E-state index contributed by atoms with van der Waals surface area (Å²) >= 11 is 0. The van der Waals surface area contributed by atoms with Gasteiger partial charge in [-0.1, -0.05) is 0 Å². The number of hydrogen-bond donors (Lipinski definition) is 1. The van der Waals surface area contributed by atoms with E-state index in [9.17, 15) is 13.2 Å². The summed E-state index contributed by atoms with van der Waals surface area (Å²) in [4.78, 5) is 19.9. The summed E-state index contributed by atoms with van der Waals surface area (Å²) in [5.41, 5.74) is 0.0245. The Balaban J connectivity index is 1.46. The zero-order chi connectivity index (χ0) is 16.1. The van der Waals surface area contributed by atoms with Gasteiger partial charge in [-0.3, -0.25) is 9.78 Å². The Kier molecular flexibility index (Phi) is 3.44. The molecule has 0 aromatic carbocycles. The highest BCUT2D eigenvalue weighted by Crippen LogP contribution is 2.61. The van der Waals surface area contributed by atoms with Gasteiger partial charge in [0.2, 0.25) is 5.91 Å². The van der Waals surface area contributed by atoms with Gasteiger partial charge in [0.05, 0.1) is 6.20 Å². The third-order valence-corrected chi connectivity index (χ3v) is 7.02. The predicted molar refractivity (Wildman–Crippen MR) is 82.6 cm³/mol. The van der Waals surface area contributed by atoms with Gasteiger partial charge in [-0.25, -0.2) is 9.71 Å². The SMILES string of the molecule is O=C(CC12CC3CC(CC(C3)C1)C2)NS(=O)(=O)c1cnccn1. The summed E-state index contributed by atoms with van der Waals surface area (Å²) < 4.78 is 26.6. The number of amides is 1. The van der Waals surface area contributed by atoms with Crippen LogP contribution in [-0.4, -0.2) is 24.3 Å². The van der Waals surface area contributed by atoms with Crippen molar-refractivity contribution in [2.45, 2.75) is 50.0 Å². The number of rotatable bonds is 4. The molecule has 5 rings (SSSR count). The zero-order valence-electron chi connectivity index (χ0n) is 12.9. The van der Waals surface area contributed by atoms with Crippen molar-refractivity contribution in [2.24, 2.45) is 23.2 Å². The highest BCUT2D eigenvalue weighted by molar-refractivity contribution is 7.90. The van der Waals surface area contributed by atoms with E-state index in [0.717, 1.165) is 43.2 Å². The lowest BCUT2D eigenvalue weighted by atomic mass is 9.49. The highest BCUT2D eigenvalue weighted by atomic mass is 32.2. The van der Waals surface area contributed by atoms with Gasteiger partial charge in [0.25, 0.3) is 10.0 Å². The topological polar surface area (TPSA) is 89.0 Å². The van der Waals surface area contributed by atoms with Crippen molar-refractivity contribution in [3.63, 3.8) is 0 Å². The van der Waals surface area contributed by atoms with Gasteiger partial charge < -0.3 is 0 Å². The molecule has 6 nitrogen and oxygen atoms in total. The van der Waals surface area contributed by atoms with E-state index in [0.29, 0.717) is 6.42 Å². The lowest BCUT2D eigenvalue weighted by Crippen LogP contribution is -2.48. The normalized spacial score (nSPS) is 35.2. The lowest BCUT2D eigenvalue weighted by molar-refractivity contribution is -0.127. The van der Waals surface area contributed by atoms with E-state index in [4.69, 9.17) is 0 Å². The van der Waals surface area contributed by atoms with Crippen molar-refractivity contribution >= 4 is 15.9 Å². The Morgan fingerprint density at radius 1 is 1.13 bits per heavy atom. The van der Waals surface area contributed by atoms with Gasteiger partial charge in [0, 0.05) is 18.8 Å². The van der Waals surface area contributed by atoms with Crippen molar-refractivity contribution in [3.8, 4) is 0 Å². The van der Waals surface area contributed by atoms with Crippen LogP contribution in [0.2, 0.25) is 0 Å². The molecule has 4 aliphatic carbocycles. The number of sulfonamides is 1. The molecule has 0 spiro atoms. The van der Waals surface area contributed by atoms with Crippen molar-refractivity contribution in [3.05, 3.63) is 18.6 Å². The van der Waals surface area contributed by atoms with Gasteiger partial charge in [0.15, 0.2) is 5.03 Å². The number of carbonyl (C=O) groups excluding carboxylic acids is 1. The number of aromatic nitrogens is 2. The first-order valence-electron chi connectivity index (χ1n) is 8.26. The first-order chi connectivity index (χ1) is 10.9. The summed E-state index contributed by atoms with van der Waals surface area (Å²) in [5.74, 6) is 1.82. The average Bonchev–Trinajstić information content (AvgIpc) is 2.45. The lowest BCUT2D eigenvalue weighted by Gasteiger charge is -2.56. The highest BCUT2D eigenvalue weighted by Gasteiger charge is 2.51. The fraction of sp³-hybridized carbons (Fsp3) is 0.688. The molecule has 23 heavy (non-hydrogen) atoms. The molecule has 1 amide bonds. The Morgan fingerprint density at radius 3 is 2.26 bits per heavy atom. The van der Waals surface area contributed by atoms with E-state index in [-0.39, 0.29) is 10.4 Å². The minimum atomic E-state index is -3.92. The second kappa shape index (κ2) is 5.26. The van der Waals surface area contributed by atoms with Crippen molar-refractivity contribution in [1.82, 2.24) is 14.7 Å². The summed E-state index contributed by atoms with van der Waals surface area (Å²) in [7, 11) is -3.92. The van der Waals surface area contributed by atoms with E-state index in [1.165, 1.54) is 31.7 Å². The molecular weight excluding hydrogens is 314 g/mol. The molecule has 0 aliphatic heterocycles. The van der Waals surface area contributed by atoms with Gasteiger partial charge in [0.1, 0.15) is 0 Å². The smallest absolute Gasteiger partial charge is 0.274 e. The fourth-order valence-electron chi connectivity index (χ4n) is 5.51. The van der Waals surface area contributed by atoms with Gasteiger partial charge in [-0.05, 0) is 61.7 Å².